The molecule has 1 aromatic carbocycles. The first-order chi connectivity index (χ1) is 17.0. The molecular formula is C24H19FN10. The predicted octanol–water partition coefficient (Wildman–Crippen LogP) is 3.47. The van der Waals surface area contributed by atoms with Crippen molar-refractivity contribution in [1.82, 2.24) is 44.1 Å². The molecule has 0 aliphatic carbocycles. The number of fused-ring (bicyclic) bond motifs is 1. The van der Waals surface area contributed by atoms with Gasteiger partial charge < -0.3 is 5.73 Å². The maximum atomic E-state index is 13.3. The van der Waals surface area contributed by atoms with E-state index in [9.17, 15) is 4.39 Å². The Kier molecular flexibility index (Phi) is 4.62. The fourth-order valence-corrected chi connectivity index (χ4v) is 4.03. The second-order valence-electron chi connectivity index (χ2n) is 8.12. The third-order valence-corrected chi connectivity index (χ3v) is 5.69. The molecule has 0 atom stereocenters. The number of nitrogens with two attached hydrogens (primary N) is 1. The molecule has 0 bridgehead atoms. The minimum atomic E-state index is -0.296. The summed E-state index contributed by atoms with van der Waals surface area (Å²) in [7, 11) is 1.85. The quantitative estimate of drug-likeness (QED) is 0.423. The molecule has 0 radical (unpaired) electrons. The molecule has 0 aliphatic heterocycles. The first-order valence-corrected chi connectivity index (χ1v) is 10.8. The molecule has 10 nitrogen and oxygen atoms in total. The van der Waals surface area contributed by atoms with Crippen LogP contribution < -0.4 is 5.73 Å². The Morgan fingerprint density at radius 1 is 0.971 bits per heavy atom. The van der Waals surface area contributed by atoms with Crippen molar-refractivity contribution in [3.05, 3.63) is 78.8 Å². The largest absolute Gasteiger partial charge is 0.368 e. The van der Waals surface area contributed by atoms with Gasteiger partial charge in [0.25, 0.3) is 0 Å². The van der Waals surface area contributed by atoms with E-state index in [1.165, 1.54) is 12.1 Å². The summed E-state index contributed by atoms with van der Waals surface area (Å²) in [5.41, 5.74) is 12.0. The summed E-state index contributed by atoms with van der Waals surface area (Å²) in [6, 6.07) is 11.9. The smallest absolute Gasteiger partial charge is 0.220 e. The van der Waals surface area contributed by atoms with E-state index in [1.54, 1.807) is 33.9 Å². The summed E-state index contributed by atoms with van der Waals surface area (Å²) in [5.74, 6) is 0.469. The molecule has 0 fully saturated rings. The zero-order valence-corrected chi connectivity index (χ0v) is 18.8. The second-order valence-corrected chi connectivity index (χ2v) is 8.12. The molecule has 0 saturated heterocycles. The third-order valence-electron chi connectivity index (χ3n) is 5.69. The number of hydrogen-bond donors (Lipinski definition) is 1. The van der Waals surface area contributed by atoms with Crippen LogP contribution in [0.1, 0.15) is 5.69 Å². The van der Waals surface area contributed by atoms with Gasteiger partial charge in [-0.25, -0.2) is 19.0 Å². The molecule has 5 heterocycles. The average Bonchev–Trinajstić information content (AvgIpc) is 3.57. The summed E-state index contributed by atoms with van der Waals surface area (Å²) in [6.45, 7) is 1.93. The van der Waals surface area contributed by atoms with Gasteiger partial charge in [0.15, 0.2) is 11.5 Å². The number of benzene rings is 1. The molecule has 5 aromatic heterocycles. The van der Waals surface area contributed by atoms with Gasteiger partial charge in [-0.3, -0.25) is 9.08 Å². The lowest BCUT2D eigenvalue weighted by Crippen LogP contribution is -2.00. The van der Waals surface area contributed by atoms with Crippen LogP contribution in [0.5, 0.6) is 0 Å². The van der Waals surface area contributed by atoms with E-state index in [0.29, 0.717) is 22.9 Å². The van der Waals surface area contributed by atoms with Gasteiger partial charge in [0, 0.05) is 48.0 Å². The molecule has 172 valence electrons. The number of halogens is 1. The number of nitrogens with zero attached hydrogens (tertiary/aromatic N) is 9. The van der Waals surface area contributed by atoms with E-state index in [0.717, 1.165) is 28.1 Å². The molecule has 35 heavy (non-hydrogen) atoms. The number of aryl methyl sites for hydroxylation is 2. The highest BCUT2D eigenvalue weighted by molar-refractivity contribution is 5.81. The molecule has 0 spiro atoms. The minimum absolute atomic E-state index is 0.177. The van der Waals surface area contributed by atoms with Crippen LogP contribution in [0, 0.1) is 12.7 Å². The van der Waals surface area contributed by atoms with Crippen LogP contribution in [0.4, 0.5) is 10.3 Å². The van der Waals surface area contributed by atoms with E-state index in [-0.39, 0.29) is 11.8 Å². The lowest BCUT2D eigenvalue weighted by Gasteiger charge is -2.08. The van der Waals surface area contributed by atoms with E-state index in [2.05, 4.69) is 30.4 Å². The molecule has 0 amide bonds. The van der Waals surface area contributed by atoms with Crippen molar-refractivity contribution < 1.29 is 4.39 Å². The van der Waals surface area contributed by atoms with Gasteiger partial charge >= 0.3 is 0 Å². The lowest BCUT2D eigenvalue weighted by molar-refractivity contribution is 0.627. The summed E-state index contributed by atoms with van der Waals surface area (Å²) < 4.78 is 18.7. The molecular weight excluding hydrogens is 447 g/mol. The van der Waals surface area contributed by atoms with Crippen LogP contribution >= 0.6 is 0 Å². The summed E-state index contributed by atoms with van der Waals surface area (Å²) in [6.07, 6.45) is 7.22. The number of hydrogen-bond acceptors (Lipinski definition) is 7. The van der Waals surface area contributed by atoms with E-state index >= 15 is 0 Å². The van der Waals surface area contributed by atoms with Crippen LogP contribution in [0.25, 0.3) is 45.2 Å². The van der Waals surface area contributed by atoms with Gasteiger partial charge in [0.2, 0.25) is 5.95 Å². The predicted molar refractivity (Wildman–Crippen MR) is 128 cm³/mol. The fraction of sp³-hybridized carbons (Fsp3) is 0.0833. The summed E-state index contributed by atoms with van der Waals surface area (Å²) in [5, 5.41) is 17.7. The van der Waals surface area contributed by atoms with Gasteiger partial charge in [-0.05, 0) is 49.4 Å². The number of nitrogen functional groups attached to an aromatic ring is 1. The zero-order chi connectivity index (χ0) is 24.1. The average molecular weight is 466 g/mol. The van der Waals surface area contributed by atoms with E-state index < -0.39 is 0 Å². The lowest BCUT2D eigenvalue weighted by atomic mass is 10.0. The number of anilines is 1. The van der Waals surface area contributed by atoms with Gasteiger partial charge in [-0.1, -0.05) is 0 Å². The van der Waals surface area contributed by atoms with Crippen molar-refractivity contribution >= 4 is 11.6 Å². The van der Waals surface area contributed by atoms with Crippen LogP contribution in [0.3, 0.4) is 0 Å². The van der Waals surface area contributed by atoms with Gasteiger partial charge in [0.05, 0.1) is 17.6 Å². The maximum Gasteiger partial charge on any atom is 0.220 e. The number of pyridine rings is 1. The highest BCUT2D eigenvalue weighted by atomic mass is 19.1. The van der Waals surface area contributed by atoms with Crippen molar-refractivity contribution in [3.8, 4) is 39.6 Å². The van der Waals surface area contributed by atoms with E-state index in [4.69, 9.17) is 5.73 Å². The zero-order valence-electron chi connectivity index (χ0n) is 18.8. The first-order valence-electron chi connectivity index (χ1n) is 10.8. The highest BCUT2D eigenvalue weighted by Gasteiger charge is 2.17. The minimum Gasteiger partial charge on any atom is -0.368 e. The standard InChI is InChI=1S/C24H19FN10/c1-14-9-20(32-35(14)18-5-3-17(25)4-6-18)23-31-30-21-10-15(7-8-34(21)23)22-19(12-27-24(26)29-22)16-11-28-33(2)13-16/h3-13H,1-2H3,(H2,26,27,29). The van der Waals surface area contributed by atoms with Crippen molar-refractivity contribution in [2.75, 3.05) is 5.73 Å². The topological polar surface area (TPSA) is 118 Å². The maximum absolute atomic E-state index is 13.3. The molecule has 0 unspecified atom stereocenters. The van der Waals surface area contributed by atoms with Crippen LogP contribution in [0.15, 0.2) is 67.3 Å². The molecule has 0 saturated carbocycles. The van der Waals surface area contributed by atoms with E-state index in [1.807, 2.05) is 49.0 Å². The van der Waals surface area contributed by atoms with Crippen molar-refractivity contribution in [3.63, 3.8) is 0 Å². The number of rotatable bonds is 4. The van der Waals surface area contributed by atoms with Gasteiger partial charge in [-0.2, -0.15) is 10.2 Å². The Labute approximate surface area is 198 Å². The fourth-order valence-electron chi connectivity index (χ4n) is 4.03. The monoisotopic (exact) mass is 466 g/mol. The normalized spacial score (nSPS) is 11.4. The van der Waals surface area contributed by atoms with Crippen LogP contribution in [0.2, 0.25) is 0 Å². The molecule has 11 heteroatoms. The van der Waals surface area contributed by atoms with Gasteiger partial charge in [-0.15, -0.1) is 10.2 Å². The van der Waals surface area contributed by atoms with Crippen LogP contribution in [-0.4, -0.2) is 44.1 Å². The first kappa shape index (κ1) is 20.7. The molecule has 6 rings (SSSR count). The molecule has 2 N–H and O–H groups in total. The Morgan fingerprint density at radius 3 is 2.57 bits per heavy atom. The Morgan fingerprint density at radius 2 is 1.80 bits per heavy atom. The number of aromatic nitrogens is 9. The van der Waals surface area contributed by atoms with Crippen LogP contribution in [-0.2, 0) is 7.05 Å². The SMILES string of the molecule is Cc1cc(-c2nnc3cc(-c4nc(N)ncc4-c4cnn(C)c4)ccn23)nn1-c1ccc(F)cc1. The van der Waals surface area contributed by atoms with Crippen molar-refractivity contribution in [2.45, 2.75) is 6.92 Å². The third kappa shape index (κ3) is 3.59. The molecule has 0 aliphatic rings. The Bertz CT molecular complexity index is 1690. The second kappa shape index (κ2) is 7.83. The Balaban J connectivity index is 1.42. The summed E-state index contributed by atoms with van der Waals surface area (Å²) >= 11 is 0. The Hall–Kier alpha value is -4.93. The van der Waals surface area contributed by atoms with Gasteiger partial charge in [0.1, 0.15) is 11.5 Å². The van der Waals surface area contributed by atoms with Crippen molar-refractivity contribution in [2.24, 2.45) is 7.05 Å². The van der Waals surface area contributed by atoms with Crippen molar-refractivity contribution in [1.29, 1.82) is 0 Å². The molecule has 6 aromatic rings. The summed E-state index contributed by atoms with van der Waals surface area (Å²) in [4.78, 5) is 8.65. The highest BCUT2D eigenvalue weighted by Crippen LogP contribution is 2.31.